The molecule has 2 rings (SSSR count). The van der Waals surface area contributed by atoms with Crippen LogP contribution in [0.15, 0.2) is 42.5 Å². The van der Waals surface area contributed by atoms with Gasteiger partial charge in [0.05, 0.1) is 6.04 Å². The maximum absolute atomic E-state index is 12.2. The molecule has 0 aliphatic carbocycles. The lowest BCUT2D eigenvalue weighted by atomic mass is 9.99. The molecule has 0 fully saturated rings. The molecule has 0 spiro atoms. The quantitative estimate of drug-likeness (QED) is 0.779. The third kappa shape index (κ3) is 5.11. The number of amides is 1. The Hall–Kier alpha value is -1.80. The molecule has 2 aromatic rings. The van der Waals surface area contributed by atoms with Crippen molar-refractivity contribution in [1.29, 1.82) is 0 Å². The van der Waals surface area contributed by atoms with E-state index in [0.29, 0.717) is 6.42 Å². The van der Waals surface area contributed by atoms with Crippen molar-refractivity contribution in [2.75, 3.05) is 0 Å². The molecular weight excluding hydrogens is 306 g/mol. The number of benzene rings is 2. The van der Waals surface area contributed by atoms with E-state index in [1.54, 1.807) is 0 Å². The summed E-state index contributed by atoms with van der Waals surface area (Å²) in [5.74, 6) is 0.0880. The standard InChI is InChI=1S/C20H24ClNO/c1-4-19(17-9-5-14(2)15(3)13-17)22-20(23)12-8-16-6-10-18(21)11-7-16/h5-7,9-11,13,19H,4,8,12H2,1-3H3,(H,22,23)/t19-/m1/s1. The second-order valence-electron chi connectivity index (χ2n) is 6.00. The number of carbonyl (C=O) groups excluding carboxylic acids is 1. The molecule has 0 radical (unpaired) electrons. The fourth-order valence-corrected chi connectivity index (χ4v) is 2.70. The summed E-state index contributed by atoms with van der Waals surface area (Å²) in [6, 6.07) is 14.1. The Kier molecular flexibility index (Phi) is 6.23. The van der Waals surface area contributed by atoms with Gasteiger partial charge in [0.2, 0.25) is 5.91 Å². The lowest BCUT2D eigenvalue weighted by Gasteiger charge is -2.18. The number of hydrogen-bond donors (Lipinski definition) is 1. The van der Waals surface area contributed by atoms with Crippen molar-refractivity contribution in [3.63, 3.8) is 0 Å². The molecule has 3 heteroatoms. The van der Waals surface area contributed by atoms with E-state index in [1.807, 2.05) is 24.3 Å². The topological polar surface area (TPSA) is 29.1 Å². The Labute approximate surface area is 143 Å². The normalized spacial score (nSPS) is 12.0. The van der Waals surface area contributed by atoms with Gasteiger partial charge in [-0.3, -0.25) is 4.79 Å². The summed E-state index contributed by atoms with van der Waals surface area (Å²) < 4.78 is 0. The lowest BCUT2D eigenvalue weighted by molar-refractivity contribution is -0.121. The zero-order valence-corrected chi connectivity index (χ0v) is 14.8. The first-order valence-electron chi connectivity index (χ1n) is 8.10. The summed E-state index contributed by atoms with van der Waals surface area (Å²) in [4.78, 5) is 12.2. The Morgan fingerprint density at radius 3 is 2.39 bits per heavy atom. The predicted octanol–water partition coefficient (Wildman–Crippen LogP) is 5.16. The van der Waals surface area contributed by atoms with Gasteiger partial charge in [0.25, 0.3) is 0 Å². The molecule has 1 atom stereocenters. The highest BCUT2D eigenvalue weighted by atomic mass is 35.5. The summed E-state index contributed by atoms with van der Waals surface area (Å²) in [5.41, 5.74) is 4.84. The van der Waals surface area contributed by atoms with Crippen LogP contribution in [0.2, 0.25) is 5.02 Å². The van der Waals surface area contributed by atoms with E-state index >= 15 is 0 Å². The predicted molar refractivity (Wildman–Crippen MR) is 96.9 cm³/mol. The molecule has 0 saturated heterocycles. The smallest absolute Gasteiger partial charge is 0.220 e. The van der Waals surface area contributed by atoms with Crippen LogP contribution in [0.3, 0.4) is 0 Å². The van der Waals surface area contributed by atoms with Gasteiger partial charge < -0.3 is 5.32 Å². The molecule has 122 valence electrons. The molecule has 23 heavy (non-hydrogen) atoms. The summed E-state index contributed by atoms with van der Waals surface area (Å²) in [5, 5.41) is 3.87. The SMILES string of the molecule is CC[C@@H](NC(=O)CCc1ccc(Cl)cc1)c1ccc(C)c(C)c1. The number of hydrogen-bond acceptors (Lipinski definition) is 1. The van der Waals surface area contributed by atoms with Crippen LogP contribution in [0.25, 0.3) is 0 Å². The van der Waals surface area contributed by atoms with Crippen LogP contribution in [0.1, 0.15) is 48.1 Å². The summed E-state index contributed by atoms with van der Waals surface area (Å²) in [6.07, 6.45) is 2.10. The molecule has 2 nitrogen and oxygen atoms in total. The summed E-state index contributed by atoms with van der Waals surface area (Å²) in [6.45, 7) is 6.30. The zero-order chi connectivity index (χ0) is 16.8. The van der Waals surface area contributed by atoms with E-state index in [1.165, 1.54) is 16.7 Å². The van der Waals surface area contributed by atoms with Gasteiger partial charge in [-0.15, -0.1) is 0 Å². The van der Waals surface area contributed by atoms with Crippen molar-refractivity contribution < 1.29 is 4.79 Å². The molecule has 0 aliphatic heterocycles. The molecule has 1 amide bonds. The minimum Gasteiger partial charge on any atom is -0.349 e. The van der Waals surface area contributed by atoms with Crippen LogP contribution in [-0.2, 0) is 11.2 Å². The fraction of sp³-hybridized carbons (Fsp3) is 0.350. The molecule has 0 heterocycles. The molecule has 0 aromatic heterocycles. The van der Waals surface area contributed by atoms with E-state index in [-0.39, 0.29) is 11.9 Å². The average Bonchev–Trinajstić information content (AvgIpc) is 2.55. The third-order valence-corrected chi connectivity index (χ3v) is 4.48. The third-order valence-electron chi connectivity index (χ3n) is 4.23. The zero-order valence-electron chi connectivity index (χ0n) is 14.0. The minimum atomic E-state index is 0.0759. The maximum atomic E-state index is 12.2. The van der Waals surface area contributed by atoms with Crippen LogP contribution in [-0.4, -0.2) is 5.91 Å². The Morgan fingerprint density at radius 1 is 1.09 bits per heavy atom. The highest BCUT2D eigenvalue weighted by Crippen LogP contribution is 2.20. The van der Waals surface area contributed by atoms with Gasteiger partial charge in [0, 0.05) is 11.4 Å². The number of halogens is 1. The number of nitrogens with one attached hydrogen (secondary N) is 1. The Balaban J connectivity index is 1.94. The number of aryl methyl sites for hydroxylation is 3. The first kappa shape index (κ1) is 17.6. The summed E-state index contributed by atoms with van der Waals surface area (Å²) >= 11 is 5.87. The van der Waals surface area contributed by atoms with Crippen LogP contribution >= 0.6 is 11.6 Å². The second kappa shape index (κ2) is 8.16. The van der Waals surface area contributed by atoms with E-state index in [2.05, 4.69) is 44.3 Å². The van der Waals surface area contributed by atoms with Crippen molar-refractivity contribution >= 4 is 17.5 Å². The number of rotatable bonds is 6. The highest BCUT2D eigenvalue weighted by molar-refractivity contribution is 6.30. The first-order valence-corrected chi connectivity index (χ1v) is 8.48. The monoisotopic (exact) mass is 329 g/mol. The second-order valence-corrected chi connectivity index (χ2v) is 6.43. The molecule has 0 saturated carbocycles. The molecule has 0 unspecified atom stereocenters. The maximum Gasteiger partial charge on any atom is 0.220 e. The fourth-order valence-electron chi connectivity index (χ4n) is 2.58. The number of carbonyl (C=O) groups is 1. The van der Waals surface area contributed by atoms with Gasteiger partial charge in [-0.25, -0.2) is 0 Å². The van der Waals surface area contributed by atoms with E-state index in [4.69, 9.17) is 11.6 Å². The van der Waals surface area contributed by atoms with Gasteiger partial charge in [0.1, 0.15) is 0 Å². The van der Waals surface area contributed by atoms with Crippen molar-refractivity contribution in [3.8, 4) is 0 Å². The van der Waals surface area contributed by atoms with E-state index in [0.717, 1.165) is 23.4 Å². The highest BCUT2D eigenvalue weighted by Gasteiger charge is 2.13. The molecule has 0 aliphatic rings. The lowest BCUT2D eigenvalue weighted by Crippen LogP contribution is -2.28. The van der Waals surface area contributed by atoms with Crippen LogP contribution in [0.4, 0.5) is 0 Å². The molecular formula is C20H24ClNO. The minimum absolute atomic E-state index is 0.0759. The largest absolute Gasteiger partial charge is 0.349 e. The van der Waals surface area contributed by atoms with E-state index in [9.17, 15) is 4.79 Å². The molecule has 2 aromatic carbocycles. The van der Waals surface area contributed by atoms with Crippen molar-refractivity contribution in [1.82, 2.24) is 5.32 Å². The molecule has 1 N–H and O–H groups in total. The van der Waals surface area contributed by atoms with Crippen LogP contribution in [0, 0.1) is 13.8 Å². The first-order chi connectivity index (χ1) is 11.0. The van der Waals surface area contributed by atoms with Gasteiger partial charge >= 0.3 is 0 Å². The van der Waals surface area contributed by atoms with Crippen LogP contribution in [0.5, 0.6) is 0 Å². The summed E-state index contributed by atoms with van der Waals surface area (Å²) in [7, 11) is 0. The van der Waals surface area contributed by atoms with Crippen molar-refractivity contribution in [3.05, 3.63) is 69.7 Å². The van der Waals surface area contributed by atoms with Gasteiger partial charge in [-0.2, -0.15) is 0 Å². The Morgan fingerprint density at radius 2 is 1.78 bits per heavy atom. The van der Waals surface area contributed by atoms with Gasteiger partial charge in [-0.05, 0) is 61.1 Å². The van der Waals surface area contributed by atoms with Crippen molar-refractivity contribution in [2.24, 2.45) is 0 Å². The van der Waals surface area contributed by atoms with Gasteiger partial charge in [-0.1, -0.05) is 48.9 Å². The Bertz CT molecular complexity index is 664. The average molecular weight is 330 g/mol. The van der Waals surface area contributed by atoms with Gasteiger partial charge in [0.15, 0.2) is 0 Å². The van der Waals surface area contributed by atoms with E-state index < -0.39 is 0 Å². The molecule has 0 bridgehead atoms. The van der Waals surface area contributed by atoms with Crippen molar-refractivity contribution in [2.45, 2.75) is 46.1 Å². The van der Waals surface area contributed by atoms with Crippen LogP contribution < -0.4 is 5.32 Å².